The Morgan fingerprint density at radius 3 is 2.91 bits per heavy atom. The summed E-state index contributed by atoms with van der Waals surface area (Å²) in [7, 11) is 2.16. The molecule has 0 N–H and O–H groups in total. The first-order valence-electron chi connectivity index (χ1n) is 8.06. The molecule has 23 heavy (non-hydrogen) atoms. The summed E-state index contributed by atoms with van der Waals surface area (Å²) in [6.45, 7) is 0.970. The van der Waals surface area contributed by atoms with Gasteiger partial charge in [0, 0.05) is 17.2 Å². The topological polar surface area (TPSA) is 46.6 Å². The van der Waals surface area contributed by atoms with Crippen molar-refractivity contribution in [3.63, 3.8) is 0 Å². The molecule has 2 heterocycles. The number of allylic oxidation sites excluding steroid dienone is 2. The van der Waals surface area contributed by atoms with Gasteiger partial charge < -0.3 is 4.74 Å². The number of aldehydes is 2. The maximum Gasteiger partial charge on any atom is 0.153 e. The Balaban J connectivity index is 1.87. The van der Waals surface area contributed by atoms with E-state index in [1.165, 1.54) is 11.1 Å². The second-order valence-electron chi connectivity index (χ2n) is 6.96. The van der Waals surface area contributed by atoms with E-state index in [4.69, 9.17) is 4.74 Å². The highest BCUT2D eigenvalue weighted by atomic mass is 16.5. The van der Waals surface area contributed by atoms with Crippen LogP contribution in [0.3, 0.4) is 0 Å². The highest BCUT2D eigenvalue weighted by Crippen LogP contribution is 2.60. The van der Waals surface area contributed by atoms with Gasteiger partial charge in [-0.1, -0.05) is 18.2 Å². The van der Waals surface area contributed by atoms with Gasteiger partial charge in [0.2, 0.25) is 0 Å². The summed E-state index contributed by atoms with van der Waals surface area (Å²) in [5, 5.41) is 0. The largest absolute Gasteiger partial charge is 0.483 e. The van der Waals surface area contributed by atoms with Gasteiger partial charge in [-0.05, 0) is 43.6 Å². The van der Waals surface area contributed by atoms with Crippen molar-refractivity contribution in [3.8, 4) is 5.75 Å². The minimum atomic E-state index is -0.286. The van der Waals surface area contributed by atoms with Gasteiger partial charge in [-0.15, -0.1) is 0 Å². The first-order valence-corrected chi connectivity index (χ1v) is 8.06. The minimum absolute atomic E-state index is 0.260. The van der Waals surface area contributed by atoms with Crippen LogP contribution in [0.4, 0.5) is 0 Å². The van der Waals surface area contributed by atoms with E-state index in [1.54, 1.807) is 0 Å². The van der Waals surface area contributed by atoms with Crippen LogP contribution in [-0.2, 0) is 16.6 Å². The molecule has 1 spiro atoms. The van der Waals surface area contributed by atoms with Crippen LogP contribution in [-0.4, -0.2) is 43.2 Å². The van der Waals surface area contributed by atoms with Gasteiger partial charge in [-0.25, -0.2) is 0 Å². The normalized spacial score (nSPS) is 33.3. The Hall–Kier alpha value is -2.20. The lowest BCUT2D eigenvalue weighted by Crippen LogP contribution is -2.58. The zero-order valence-electron chi connectivity index (χ0n) is 12.9. The summed E-state index contributed by atoms with van der Waals surface area (Å²) in [5.41, 5.74) is 4.78. The average Bonchev–Trinajstić information content (AvgIpc) is 2.92. The van der Waals surface area contributed by atoms with Crippen molar-refractivity contribution in [3.05, 3.63) is 52.1 Å². The van der Waals surface area contributed by atoms with Crippen LogP contribution in [0, 0.1) is 0 Å². The first kappa shape index (κ1) is 13.3. The molecule has 2 bridgehead atoms. The lowest BCUT2D eigenvalue weighted by atomic mass is 9.56. The quantitative estimate of drug-likeness (QED) is 0.782. The van der Waals surface area contributed by atoms with Crippen LogP contribution >= 0.6 is 0 Å². The molecule has 4 heteroatoms. The van der Waals surface area contributed by atoms with Gasteiger partial charge in [0.1, 0.15) is 18.1 Å². The Bertz CT molecular complexity index is 822. The maximum atomic E-state index is 11.6. The second-order valence-corrected chi connectivity index (χ2v) is 6.96. The summed E-state index contributed by atoms with van der Waals surface area (Å²) < 4.78 is 6.25. The summed E-state index contributed by atoms with van der Waals surface area (Å²) in [6, 6.07) is 4.27. The number of ether oxygens (including phenoxy) is 1. The number of likely N-dealkylation sites (tertiary alicyclic amines) is 1. The minimum Gasteiger partial charge on any atom is -0.483 e. The van der Waals surface area contributed by atoms with E-state index < -0.39 is 0 Å². The molecule has 4 nitrogen and oxygen atoms in total. The molecule has 4 aliphatic rings. The summed E-state index contributed by atoms with van der Waals surface area (Å²) in [4.78, 5) is 25.4. The predicted molar refractivity (Wildman–Crippen MR) is 84.9 cm³/mol. The number of nitrogens with zero attached hydrogens (tertiary/aromatic N) is 1. The molecule has 1 saturated heterocycles. The van der Waals surface area contributed by atoms with Crippen LogP contribution in [0.5, 0.6) is 5.75 Å². The van der Waals surface area contributed by atoms with Crippen LogP contribution in [0.15, 0.2) is 35.4 Å². The van der Waals surface area contributed by atoms with Crippen molar-refractivity contribution in [2.24, 2.45) is 0 Å². The molecule has 116 valence electrons. The molecule has 2 aliphatic heterocycles. The van der Waals surface area contributed by atoms with Crippen molar-refractivity contribution in [1.29, 1.82) is 0 Å². The number of hydrogen-bond donors (Lipinski definition) is 0. The molecule has 0 aromatic heterocycles. The SMILES string of the molecule is CN1CCC23C4=CC=C(C=O)C2Oc2c(C=O)ccc(c23)CC41. The second kappa shape index (κ2) is 4.20. The molecule has 0 saturated carbocycles. The van der Waals surface area contributed by atoms with Crippen LogP contribution in [0.2, 0.25) is 0 Å². The Morgan fingerprint density at radius 1 is 1.26 bits per heavy atom. The third-order valence-electron chi connectivity index (χ3n) is 6.10. The van der Waals surface area contributed by atoms with Gasteiger partial charge in [-0.3, -0.25) is 14.5 Å². The highest BCUT2D eigenvalue weighted by Gasteiger charge is 2.61. The smallest absolute Gasteiger partial charge is 0.153 e. The fourth-order valence-electron chi connectivity index (χ4n) is 5.07. The van der Waals surface area contributed by atoms with Crippen LogP contribution in [0.25, 0.3) is 0 Å². The van der Waals surface area contributed by atoms with Crippen molar-refractivity contribution in [2.45, 2.75) is 30.4 Å². The highest BCUT2D eigenvalue weighted by molar-refractivity contribution is 5.86. The number of benzene rings is 1. The van der Waals surface area contributed by atoms with E-state index in [0.717, 1.165) is 37.5 Å². The number of piperidine rings is 1. The van der Waals surface area contributed by atoms with E-state index in [2.05, 4.69) is 24.1 Å². The van der Waals surface area contributed by atoms with Crippen molar-refractivity contribution in [1.82, 2.24) is 4.90 Å². The number of likely N-dealkylation sites (N-methyl/N-ethyl adjacent to an activating group) is 1. The Kier molecular flexibility index (Phi) is 2.42. The standard InChI is InChI=1S/C19H17NO3/c1-20-7-6-19-14-5-4-13(10-22)18(19)23-17-12(9-21)3-2-11(16(17)19)8-15(14)20/h2-5,9-10,15,18H,6-8H2,1H3. The average molecular weight is 307 g/mol. The molecule has 3 unspecified atom stereocenters. The molecule has 1 fully saturated rings. The fourth-order valence-corrected chi connectivity index (χ4v) is 5.07. The molecule has 0 radical (unpaired) electrons. The zero-order valence-corrected chi connectivity index (χ0v) is 12.9. The van der Waals surface area contributed by atoms with Gasteiger partial charge in [0.15, 0.2) is 6.29 Å². The lowest BCUT2D eigenvalue weighted by molar-refractivity contribution is -0.105. The van der Waals surface area contributed by atoms with E-state index >= 15 is 0 Å². The fraction of sp³-hybridized carbons (Fsp3) is 0.368. The number of hydrogen-bond acceptors (Lipinski definition) is 4. The first-order chi connectivity index (χ1) is 11.2. The van der Waals surface area contributed by atoms with Crippen LogP contribution in [0.1, 0.15) is 27.9 Å². The lowest BCUT2D eigenvalue weighted by Gasteiger charge is -2.52. The maximum absolute atomic E-state index is 11.6. The monoisotopic (exact) mass is 307 g/mol. The van der Waals surface area contributed by atoms with Crippen molar-refractivity contribution >= 4 is 12.6 Å². The molecule has 2 aliphatic carbocycles. The Morgan fingerprint density at radius 2 is 2.13 bits per heavy atom. The predicted octanol–water partition coefficient (Wildman–Crippen LogP) is 1.82. The summed E-state index contributed by atoms with van der Waals surface area (Å²) in [6.07, 6.45) is 7.35. The number of carbonyl (C=O) groups excluding carboxylic acids is 2. The number of rotatable bonds is 2. The zero-order chi connectivity index (χ0) is 15.8. The third-order valence-corrected chi connectivity index (χ3v) is 6.10. The van der Waals surface area contributed by atoms with E-state index in [0.29, 0.717) is 22.9 Å². The molecular formula is C19H17NO3. The van der Waals surface area contributed by atoms with Gasteiger partial charge in [-0.2, -0.15) is 0 Å². The van der Waals surface area contributed by atoms with E-state index in [1.807, 2.05) is 12.1 Å². The van der Waals surface area contributed by atoms with Gasteiger partial charge in [0.05, 0.1) is 11.0 Å². The van der Waals surface area contributed by atoms with Gasteiger partial charge in [0.25, 0.3) is 0 Å². The van der Waals surface area contributed by atoms with Crippen molar-refractivity contribution in [2.75, 3.05) is 13.6 Å². The summed E-state index contributed by atoms with van der Waals surface area (Å²) >= 11 is 0. The molecule has 5 rings (SSSR count). The Labute approximate surface area is 134 Å². The van der Waals surface area contributed by atoms with Crippen LogP contribution < -0.4 is 4.74 Å². The van der Waals surface area contributed by atoms with Crippen molar-refractivity contribution < 1.29 is 14.3 Å². The summed E-state index contributed by atoms with van der Waals surface area (Å²) in [5.74, 6) is 0.700. The van der Waals surface area contributed by atoms with E-state index in [9.17, 15) is 9.59 Å². The molecule has 1 aromatic carbocycles. The van der Waals surface area contributed by atoms with Gasteiger partial charge >= 0.3 is 0 Å². The van der Waals surface area contributed by atoms with E-state index in [-0.39, 0.29) is 11.5 Å². The molecule has 1 aromatic rings. The third kappa shape index (κ3) is 1.36. The number of carbonyl (C=O) groups is 2. The molecular weight excluding hydrogens is 290 g/mol. The molecule has 0 amide bonds. The molecule has 3 atom stereocenters.